The van der Waals surface area contributed by atoms with Crippen molar-refractivity contribution in [2.24, 2.45) is 0 Å². The third-order valence-electron chi connectivity index (χ3n) is 7.14. The van der Waals surface area contributed by atoms with Gasteiger partial charge in [0.1, 0.15) is 12.4 Å². The van der Waals surface area contributed by atoms with Gasteiger partial charge in [0.25, 0.3) is 5.91 Å². The molecule has 9 heteroatoms. The molecule has 1 aromatic heterocycles. The summed E-state index contributed by atoms with van der Waals surface area (Å²) in [5.74, 6) is -0.535. The molecule has 0 radical (unpaired) electrons. The number of morpholine rings is 1. The summed E-state index contributed by atoms with van der Waals surface area (Å²) < 4.78 is 32.3. The SMILES string of the molecule is O=C1COC[C@]2(CCCN3C(=O)COc4nccc(F)c4[C@H]4CC[C@H](CC4)OC[C@@H]32)N1. The molecule has 1 saturated carbocycles. The van der Waals surface area contributed by atoms with Crippen LogP contribution in [0.3, 0.4) is 0 Å². The summed E-state index contributed by atoms with van der Waals surface area (Å²) >= 11 is 0. The number of ether oxygens (including phenoxy) is 3. The average molecular weight is 433 g/mol. The normalized spacial score (nSPS) is 34.0. The Hall–Kier alpha value is -2.26. The lowest BCUT2D eigenvalue weighted by Gasteiger charge is -2.51. The summed E-state index contributed by atoms with van der Waals surface area (Å²) in [6, 6.07) is 1.00. The maximum Gasteiger partial charge on any atom is 0.260 e. The zero-order valence-electron chi connectivity index (χ0n) is 17.5. The van der Waals surface area contributed by atoms with E-state index in [4.69, 9.17) is 14.2 Å². The fourth-order valence-corrected chi connectivity index (χ4v) is 5.60. The maximum atomic E-state index is 14.7. The van der Waals surface area contributed by atoms with Crippen molar-refractivity contribution in [3.05, 3.63) is 23.6 Å². The second-order valence-corrected chi connectivity index (χ2v) is 9.01. The highest BCUT2D eigenvalue weighted by Crippen LogP contribution is 2.40. The Labute approximate surface area is 180 Å². The Morgan fingerprint density at radius 1 is 1.19 bits per heavy atom. The Bertz CT molecular complexity index is 856. The number of carbonyl (C=O) groups is 2. The third-order valence-corrected chi connectivity index (χ3v) is 7.14. The van der Waals surface area contributed by atoms with Crippen molar-refractivity contribution in [3.8, 4) is 5.88 Å². The first kappa shape index (κ1) is 20.6. The summed E-state index contributed by atoms with van der Waals surface area (Å²) in [7, 11) is 0. The number of carbonyl (C=O) groups excluding carboxylic acids is 2. The fraction of sp³-hybridized carbons (Fsp3) is 0.682. The minimum atomic E-state index is -0.664. The molecule has 8 nitrogen and oxygen atoms in total. The van der Waals surface area contributed by atoms with Crippen LogP contribution in [0.25, 0.3) is 0 Å². The molecule has 2 atom stereocenters. The Morgan fingerprint density at radius 3 is 2.84 bits per heavy atom. The number of nitrogens with one attached hydrogen (secondary N) is 1. The van der Waals surface area contributed by atoms with E-state index in [1.54, 1.807) is 4.90 Å². The van der Waals surface area contributed by atoms with Crippen LogP contribution in [0.2, 0.25) is 0 Å². The lowest BCUT2D eigenvalue weighted by molar-refractivity contribution is -0.156. The highest BCUT2D eigenvalue weighted by molar-refractivity contribution is 5.81. The lowest BCUT2D eigenvalue weighted by Crippen LogP contribution is -2.72. The summed E-state index contributed by atoms with van der Waals surface area (Å²) in [4.78, 5) is 31.3. The van der Waals surface area contributed by atoms with Crippen LogP contribution in [0, 0.1) is 5.82 Å². The van der Waals surface area contributed by atoms with Gasteiger partial charge in [-0.1, -0.05) is 0 Å². The van der Waals surface area contributed by atoms with Crippen LogP contribution in [0.15, 0.2) is 12.3 Å². The number of halogens is 1. The molecular weight excluding hydrogens is 405 g/mol. The molecule has 1 spiro atoms. The topological polar surface area (TPSA) is 90.0 Å². The summed E-state index contributed by atoms with van der Waals surface area (Å²) in [5.41, 5.74) is -0.198. The van der Waals surface area contributed by atoms with Gasteiger partial charge in [0.15, 0.2) is 6.61 Å². The second kappa shape index (κ2) is 8.35. The minimum Gasteiger partial charge on any atom is -0.467 e. The van der Waals surface area contributed by atoms with Gasteiger partial charge in [-0.2, -0.15) is 0 Å². The molecule has 1 N–H and O–H groups in total. The number of fused-ring (bicyclic) bond motifs is 5. The van der Waals surface area contributed by atoms with Crippen LogP contribution in [-0.2, 0) is 19.1 Å². The van der Waals surface area contributed by atoms with Crippen LogP contribution in [0.4, 0.5) is 4.39 Å². The summed E-state index contributed by atoms with van der Waals surface area (Å²) in [6.45, 7) is 1.01. The first-order chi connectivity index (χ1) is 15.1. The van der Waals surface area contributed by atoms with Crippen molar-refractivity contribution in [1.29, 1.82) is 0 Å². The molecule has 2 saturated heterocycles. The van der Waals surface area contributed by atoms with E-state index in [1.165, 1.54) is 12.3 Å². The van der Waals surface area contributed by atoms with E-state index in [9.17, 15) is 14.0 Å². The third kappa shape index (κ3) is 3.89. The molecule has 168 valence electrons. The fourth-order valence-electron chi connectivity index (χ4n) is 5.60. The molecule has 0 aromatic carbocycles. The molecule has 2 amide bonds. The number of rotatable bonds is 0. The van der Waals surface area contributed by atoms with E-state index >= 15 is 0 Å². The van der Waals surface area contributed by atoms with Gasteiger partial charge in [0.2, 0.25) is 11.8 Å². The van der Waals surface area contributed by atoms with Crippen molar-refractivity contribution >= 4 is 11.8 Å². The molecule has 3 fully saturated rings. The standard InChI is InChI=1S/C22H28FN3O5/c23-16-6-8-24-21-20(16)14-2-4-15(5-3-14)30-10-17-22(13-29-11-18(27)25-22)7-1-9-26(17)19(28)12-31-21/h6,8,14-15,17H,1-5,7,9-13H2,(H,25,27)/t14-,15+,17-,22+/m1/s1. The minimum absolute atomic E-state index is 0.000589. The van der Waals surface area contributed by atoms with E-state index in [2.05, 4.69) is 10.3 Å². The average Bonchev–Trinajstić information content (AvgIpc) is 2.78. The number of pyridine rings is 1. The van der Waals surface area contributed by atoms with E-state index in [0.717, 1.165) is 38.5 Å². The van der Waals surface area contributed by atoms with Crippen LogP contribution in [0.5, 0.6) is 5.88 Å². The zero-order valence-corrected chi connectivity index (χ0v) is 17.5. The van der Waals surface area contributed by atoms with Crippen molar-refractivity contribution in [3.63, 3.8) is 0 Å². The predicted octanol–water partition coefficient (Wildman–Crippen LogP) is 1.53. The van der Waals surface area contributed by atoms with Crippen molar-refractivity contribution < 1.29 is 28.2 Å². The predicted molar refractivity (Wildman–Crippen MR) is 107 cm³/mol. The van der Waals surface area contributed by atoms with Crippen LogP contribution >= 0.6 is 0 Å². The number of piperidine rings is 1. The molecule has 5 aliphatic rings. The van der Waals surface area contributed by atoms with Gasteiger partial charge in [-0.15, -0.1) is 0 Å². The molecule has 0 unspecified atom stereocenters. The van der Waals surface area contributed by atoms with Crippen molar-refractivity contribution in [1.82, 2.24) is 15.2 Å². The van der Waals surface area contributed by atoms with Gasteiger partial charge < -0.3 is 24.4 Å². The van der Waals surface area contributed by atoms with E-state index in [0.29, 0.717) is 25.3 Å². The van der Waals surface area contributed by atoms with Crippen molar-refractivity contribution in [2.45, 2.75) is 62.1 Å². The molecule has 6 rings (SSSR count). The molecule has 5 heterocycles. The van der Waals surface area contributed by atoms with Crippen molar-refractivity contribution in [2.75, 3.05) is 33.0 Å². The largest absolute Gasteiger partial charge is 0.467 e. The van der Waals surface area contributed by atoms with E-state index in [1.807, 2.05) is 0 Å². The van der Waals surface area contributed by atoms with Gasteiger partial charge >= 0.3 is 0 Å². The van der Waals surface area contributed by atoms with E-state index < -0.39 is 5.54 Å². The molecule has 4 aliphatic heterocycles. The maximum absolute atomic E-state index is 14.7. The number of nitrogens with zero attached hydrogens (tertiary/aromatic N) is 2. The number of amides is 2. The van der Waals surface area contributed by atoms with Gasteiger partial charge in [-0.05, 0) is 50.5 Å². The molecule has 31 heavy (non-hydrogen) atoms. The molecule has 1 aromatic rings. The van der Waals surface area contributed by atoms with E-state index in [-0.39, 0.29) is 54.8 Å². The number of aromatic nitrogens is 1. The number of hydrogen-bond acceptors (Lipinski definition) is 6. The molecule has 2 bridgehead atoms. The second-order valence-electron chi connectivity index (χ2n) is 9.01. The zero-order chi connectivity index (χ0) is 21.4. The van der Waals surface area contributed by atoms with Gasteiger partial charge in [-0.3, -0.25) is 9.59 Å². The smallest absolute Gasteiger partial charge is 0.260 e. The van der Waals surface area contributed by atoms with Crippen LogP contribution in [-0.4, -0.2) is 72.4 Å². The monoisotopic (exact) mass is 433 g/mol. The van der Waals surface area contributed by atoms with Crippen LogP contribution < -0.4 is 10.1 Å². The summed E-state index contributed by atoms with van der Waals surface area (Å²) in [5, 5.41) is 3.10. The lowest BCUT2D eigenvalue weighted by atomic mass is 9.80. The Kier molecular flexibility index (Phi) is 5.56. The van der Waals surface area contributed by atoms with Crippen LogP contribution in [0.1, 0.15) is 50.0 Å². The highest BCUT2D eigenvalue weighted by Gasteiger charge is 2.50. The van der Waals surface area contributed by atoms with Gasteiger partial charge in [0.05, 0.1) is 36.5 Å². The Balaban J connectivity index is 1.47. The highest BCUT2D eigenvalue weighted by atomic mass is 19.1. The first-order valence-corrected chi connectivity index (χ1v) is 11.1. The van der Waals surface area contributed by atoms with Gasteiger partial charge in [-0.25, -0.2) is 9.37 Å². The molecule has 1 aliphatic carbocycles. The Morgan fingerprint density at radius 2 is 2.03 bits per heavy atom. The number of hydrogen-bond donors (Lipinski definition) is 1. The molecular formula is C22H28FN3O5. The quantitative estimate of drug-likeness (QED) is 0.668. The summed E-state index contributed by atoms with van der Waals surface area (Å²) in [6.07, 6.45) is 6.02. The van der Waals surface area contributed by atoms with Gasteiger partial charge in [0, 0.05) is 12.7 Å². The first-order valence-electron chi connectivity index (χ1n) is 11.1.